The Morgan fingerprint density at radius 2 is 1.84 bits per heavy atom. The largest absolute Gasteiger partial charge is 0.366 e. The van der Waals surface area contributed by atoms with Crippen molar-refractivity contribution in [3.63, 3.8) is 0 Å². The predicted molar refractivity (Wildman–Crippen MR) is 96.6 cm³/mol. The molecule has 1 N–H and O–H groups in total. The van der Waals surface area contributed by atoms with Gasteiger partial charge in [-0.15, -0.1) is 0 Å². The molecule has 25 heavy (non-hydrogen) atoms. The van der Waals surface area contributed by atoms with Gasteiger partial charge in [0.1, 0.15) is 11.5 Å². The van der Waals surface area contributed by atoms with E-state index in [-0.39, 0.29) is 11.9 Å². The molecule has 0 bridgehead atoms. The first-order valence-electron chi connectivity index (χ1n) is 8.03. The lowest BCUT2D eigenvalue weighted by Gasteiger charge is -2.25. The van der Waals surface area contributed by atoms with E-state index in [0.717, 1.165) is 5.56 Å². The summed E-state index contributed by atoms with van der Waals surface area (Å²) in [5.74, 6) is 0.241. The first-order valence-corrected chi connectivity index (χ1v) is 8.03. The molecular formula is C19H20FN5. The molecule has 0 fully saturated rings. The van der Waals surface area contributed by atoms with Crippen LogP contribution >= 0.6 is 0 Å². The lowest BCUT2D eigenvalue weighted by Crippen LogP contribution is -2.27. The van der Waals surface area contributed by atoms with E-state index in [1.54, 1.807) is 36.8 Å². The van der Waals surface area contributed by atoms with E-state index in [2.05, 4.69) is 25.2 Å². The van der Waals surface area contributed by atoms with Crippen LogP contribution in [0.1, 0.15) is 11.6 Å². The standard InChI is InChI=1S/C19H20FN5/c1-25(2)17(14-6-5-9-21-12-14)13-24-19-18(22-10-11-23-19)15-7-3-4-8-16(15)20/h3-12,17H,13H2,1-2H3,(H,23,24). The molecule has 1 atom stereocenters. The number of hydrogen-bond acceptors (Lipinski definition) is 5. The zero-order valence-electron chi connectivity index (χ0n) is 14.2. The summed E-state index contributed by atoms with van der Waals surface area (Å²) >= 11 is 0. The summed E-state index contributed by atoms with van der Waals surface area (Å²) in [5.41, 5.74) is 2.03. The van der Waals surface area contributed by atoms with Gasteiger partial charge in [0.2, 0.25) is 0 Å². The molecule has 3 aromatic rings. The Morgan fingerprint density at radius 3 is 2.56 bits per heavy atom. The van der Waals surface area contributed by atoms with E-state index in [0.29, 0.717) is 23.6 Å². The number of hydrogen-bond donors (Lipinski definition) is 1. The van der Waals surface area contributed by atoms with Gasteiger partial charge in [0, 0.05) is 36.9 Å². The molecule has 0 radical (unpaired) electrons. The third-order valence-corrected chi connectivity index (χ3v) is 3.98. The molecule has 3 rings (SSSR count). The van der Waals surface area contributed by atoms with Gasteiger partial charge in [0.15, 0.2) is 5.82 Å². The molecule has 0 saturated heterocycles. The lowest BCUT2D eigenvalue weighted by atomic mass is 10.1. The van der Waals surface area contributed by atoms with Crippen molar-refractivity contribution in [2.75, 3.05) is 26.0 Å². The number of nitrogens with one attached hydrogen (secondary N) is 1. The van der Waals surface area contributed by atoms with Crippen LogP contribution in [-0.4, -0.2) is 40.5 Å². The number of pyridine rings is 1. The Labute approximate surface area is 146 Å². The van der Waals surface area contributed by atoms with Crippen LogP contribution in [0.15, 0.2) is 61.2 Å². The molecule has 1 unspecified atom stereocenters. The summed E-state index contributed by atoms with van der Waals surface area (Å²) in [6.45, 7) is 0.596. The van der Waals surface area contributed by atoms with Gasteiger partial charge in [-0.05, 0) is 37.9 Å². The van der Waals surface area contributed by atoms with E-state index in [9.17, 15) is 4.39 Å². The van der Waals surface area contributed by atoms with Crippen LogP contribution in [0.5, 0.6) is 0 Å². The quantitative estimate of drug-likeness (QED) is 0.747. The Hall–Kier alpha value is -2.86. The molecule has 0 amide bonds. The minimum Gasteiger partial charge on any atom is -0.366 e. The zero-order chi connectivity index (χ0) is 17.6. The Balaban J connectivity index is 1.85. The molecule has 2 heterocycles. The Kier molecular flexibility index (Phi) is 5.30. The van der Waals surface area contributed by atoms with Crippen LogP contribution < -0.4 is 5.32 Å². The summed E-state index contributed by atoms with van der Waals surface area (Å²) in [5, 5.41) is 3.31. The second-order valence-corrected chi connectivity index (χ2v) is 5.88. The Morgan fingerprint density at radius 1 is 1.04 bits per heavy atom. The fourth-order valence-corrected chi connectivity index (χ4v) is 2.68. The number of halogens is 1. The highest BCUT2D eigenvalue weighted by atomic mass is 19.1. The molecule has 0 aliphatic carbocycles. The summed E-state index contributed by atoms with van der Waals surface area (Å²) in [7, 11) is 4.02. The van der Waals surface area contributed by atoms with Crippen molar-refractivity contribution in [1.29, 1.82) is 0 Å². The predicted octanol–water partition coefficient (Wildman–Crippen LogP) is 3.39. The van der Waals surface area contributed by atoms with Crippen molar-refractivity contribution >= 4 is 5.82 Å². The van der Waals surface area contributed by atoms with Crippen molar-refractivity contribution in [3.8, 4) is 11.3 Å². The van der Waals surface area contributed by atoms with Crippen molar-refractivity contribution in [1.82, 2.24) is 19.9 Å². The fourth-order valence-electron chi connectivity index (χ4n) is 2.68. The number of likely N-dealkylation sites (N-methyl/N-ethyl adjacent to an activating group) is 1. The van der Waals surface area contributed by atoms with Gasteiger partial charge in [0.05, 0.1) is 6.04 Å². The van der Waals surface area contributed by atoms with E-state index in [4.69, 9.17) is 0 Å². The molecule has 128 valence electrons. The zero-order valence-corrected chi connectivity index (χ0v) is 14.2. The molecular weight excluding hydrogens is 317 g/mol. The highest BCUT2D eigenvalue weighted by Crippen LogP contribution is 2.27. The average molecular weight is 337 g/mol. The normalized spacial score (nSPS) is 12.2. The highest BCUT2D eigenvalue weighted by molar-refractivity contribution is 5.71. The van der Waals surface area contributed by atoms with Crippen LogP contribution in [0.4, 0.5) is 10.2 Å². The molecule has 0 spiro atoms. The van der Waals surface area contributed by atoms with Crippen molar-refractivity contribution < 1.29 is 4.39 Å². The maximum Gasteiger partial charge on any atom is 0.152 e. The van der Waals surface area contributed by atoms with Gasteiger partial charge in [-0.25, -0.2) is 9.37 Å². The summed E-state index contributed by atoms with van der Waals surface area (Å²) in [6.07, 6.45) is 6.77. The third kappa shape index (κ3) is 3.97. The number of nitrogens with zero attached hydrogens (tertiary/aromatic N) is 4. The van der Waals surface area contributed by atoms with E-state index < -0.39 is 0 Å². The summed E-state index contributed by atoms with van der Waals surface area (Å²) < 4.78 is 14.1. The van der Waals surface area contributed by atoms with Crippen LogP contribution in [0.25, 0.3) is 11.3 Å². The van der Waals surface area contributed by atoms with E-state index in [1.807, 2.05) is 32.4 Å². The third-order valence-electron chi connectivity index (χ3n) is 3.98. The first-order chi connectivity index (χ1) is 12.2. The van der Waals surface area contributed by atoms with Crippen molar-refractivity contribution in [2.24, 2.45) is 0 Å². The van der Waals surface area contributed by atoms with Crippen LogP contribution in [0.3, 0.4) is 0 Å². The molecule has 2 aromatic heterocycles. The number of anilines is 1. The van der Waals surface area contributed by atoms with E-state index >= 15 is 0 Å². The minimum atomic E-state index is -0.317. The van der Waals surface area contributed by atoms with Crippen molar-refractivity contribution in [2.45, 2.75) is 6.04 Å². The van der Waals surface area contributed by atoms with Crippen molar-refractivity contribution in [3.05, 3.63) is 72.6 Å². The van der Waals surface area contributed by atoms with Gasteiger partial charge in [-0.3, -0.25) is 9.97 Å². The minimum absolute atomic E-state index is 0.101. The smallest absolute Gasteiger partial charge is 0.152 e. The van der Waals surface area contributed by atoms with Gasteiger partial charge in [-0.1, -0.05) is 18.2 Å². The van der Waals surface area contributed by atoms with Gasteiger partial charge in [-0.2, -0.15) is 0 Å². The van der Waals surface area contributed by atoms with Gasteiger partial charge < -0.3 is 10.2 Å². The summed E-state index contributed by atoms with van der Waals surface area (Å²) in [6, 6.07) is 10.6. The first kappa shape index (κ1) is 17.0. The topological polar surface area (TPSA) is 53.9 Å². The molecule has 1 aromatic carbocycles. The second-order valence-electron chi connectivity index (χ2n) is 5.88. The number of rotatable bonds is 6. The monoisotopic (exact) mass is 337 g/mol. The van der Waals surface area contributed by atoms with Gasteiger partial charge in [0.25, 0.3) is 0 Å². The molecule has 0 saturated carbocycles. The number of aromatic nitrogens is 3. The molecule has 6 heteroatoms. The van der Waals surface area contributed by atoms with Crippen LogP contribution in [-0.2, 0) is 0 Å². The Bertz CT molecular complexity index is 823. The SMILES string of the molecule is CN(C)C(CNc1nccnc1-c1ccccc1F)c1cccnc1. The average Bonchev–Trinajstić information content (AvgIpc) is 2.63. The molecule has 0 aliphatic rings. The molecule has 5 nitrogen and oxygen atoms in total. The summed E-state index contributed by atoms with van der Waals surface area (Å²) in [4.78, 5) is 14.9. The van der Waals surface area contributed by atoms with E-state index in [1.165, 1.54) is 6.07 Å². The van der Waals surface area contributed by atoms with Crippen LogP contribution in [0, 0.1) is 5.82 Å². The highest BCUT2D eigenvalue weighted by Gasteiger charge is 2.17. The maximum absolute atomic E-state index is 14.1. The lowest BCUT2D eigenvalue weighted by molar-refractivity contribution is 0.311. The molecule has 0 aliphatic heterocycles. The number of benzene rings is 1. The van der Waals surface area contributed by atoms with Crippen LogP contribution in [0.2, 0.25) is 0 Å². The van der Waals surface area contributed by atoms with Gasteiger partial charge >= 0.3 is 0 Å². The second kappa shape index (κ2) is 7.81. The maximum atomic E-state index is 14.1. The fraction of sp³-hybridized carbons (Fsp3) is 0.211.